The molecular formula is C12H16BrNO5S. The number of carbonyl (C=O) groups is 1. The highest BCUT2D eigenvalue weighted by Gasteiger charge is 2.26. The van der Waals surface area contributed by atoms with E-state index in [1.807, 2.05) is 0 Å². The predicted octanol–water partition coefficient (Wildman–Crippen LogP) is 1.46. The molecule has 0 aliphatic rings. The van der Waals surface area contributed by atoms with Crippen LogP contribution < -0.4 is 0 Å². The minimum atomic E-state index is -3.86. The van der Waals surface area contributed by atoms with E-state index in [1.165, 1.54) is 20.0 Å². The number of aromatic carboxylic acids is 1. The van der Waals surface area contributed by atoms with E-state index in [2.05, 4.69) is 15.9 Å². The van der Waals surface area contributed by atoms with Crippen LogP contribution in [0.5, 0.6) is 0 Å². The van der Waals surface area contributed by atoms with Crippen LogP contribution in [0.3, 0.4) is 0 Å². The second-order valence-electron chi connectivity index (χ2n) is 4.52. The number of likely N-dealkylation sites (N-methyl/N-ethyl adjacent to an activating group) is 1. The summed E-state index contributed by atoms with van der Waals surface area (Å²) in [6.07, 6.45) is -0.818. The van der Waals surface area contributed by atoms with Crippen molar-refractivity contribution in [2.24, 2.45) is 0 Å². The molecule has 0 heterocycles. The van der Waals surface area contributed by atoms with Crippen molar-refractivity contribution < 1.29 is 23.4 Å². The molecule has 6 nitrogen and oxygen atoms in total. The molecule has 0 aliphatic heterocycles. The van der Waals surface area contributed by atoms with Gasteiger partial charge >= 0.3 is 5.97 Å². The highest BCUT2D eigenvalue weighted by Crippen LogP contribution is 2.27. The van der Waals surface area contributed by atoms with Crippen LogP contribution in [0, 0.1) is 6.92 Å². The number of sulfonamides is 1. The van der Waals surface area contributed by atoms with Gasteiger partial charge in [0.1, 0.15) is 0 Å². The molecule has 1 unspecified atom stereocenters. The Hall–Kier alpha value is -0.960. The van der Waals surface area contributed by atoms with Gasteiger partial charge in [-0.1, -0.05) is 15.9 Å². The lowest BCUT2D eigenvalue weighted by Gasteiger charge is -2.20. The highest BCUT2D eigenvalue weighted by molar-refractivity contribution is 9.10. The van der Waals surface area contributed by atoms with Gasteiger partial charge in [-0.15, -0.1) is 0 Å². The van der Waals surface area contributed by atoms with Crippen LogP contribution >= 0.6 is 15.9 Å². The molecule has 112 valence electrons. The van der Waals surface area contributed by atoms with Gasteiger partial charge in [-0.3, -0.25) is 0 Å². The van der Waals surface area contributed by atoms with Gasteiger partial charge in [0.2, 0.25) is 10.0 Å². The summed E-state index contributed by atoms with van der Waals surface area (Å²) in [6.45, 7) is 2.98. The van der Waals surface area contributed by atoms with Crippen molar-refractivity contribution in [1.29, 1.82) is 0 Å². The van der Waals surface area contributed by atoms with Crippen LogP contribution in [-0.2, 0) is 10.0 Å². The summed E-state index contributed by atoms with van der Waals surface area (Å²) in [5, 5.41) is 18.3. The van der Waals surface area contributed by atoms with Crippen molar-refractivity contribution in [2.45, 2.75) is 24.8 Å². The molecule has 20 heavy (non-hydrogen) atoms. The molecule has 1 rings (SSSR count). The number of hydrogen-bond donors (Lipinski definition) is 2. The van der Waals surface area contributed by atoms with Crippen LogP contribution in [0.2, 0.25) is 0 Å². The minimum Gasteiger partial charge on any atom is -0.478 e. The second kappa shape index (κ2) is 6.21. The van der Waals surface area contributed by atoms with Crippen LogP contribution in [0.4, 0.5) is 0 Å². The molecule has 0 aromatic heterocycles. The van der Waals surface area contributed by atoms with Gasteiger partial charge in [-0.2, -0.15) is 4.31 Å². The average molecular weight is 366 g/mol. The molecule has 0 spiro atoms. The summed E-state index contributed by atoms with van der Waals surface area (Å²) in [5.41, 5.74) is 0.305. The first-order valence-electron chi connectivity index (χ1n) is 5.75. The Balaban J connectivity index is 3.41. The fourth-order valence-electron chi connectivity index (χ4n) is 1.68. The van der Waals surface area contributed by atoms with Crippen molar-refractivity contribution in [3.8, 4) is 0 Å². The molecule has 1 aromatic rings. The van der Waals surface area contributed by atoms with E-state index in [9.17, 15) is 18.3 Å². The van der Waals surface area contributed by atoms with Crippen molar-refractivity contribution in [1.82, 2.24) is 4.31 Å². The summed E-state index contributed by atoms with van der Waals surface area (Å²) >= 11 is 3.16. The maximum absolute atomic E-state index is 12.4. The third-order valence-electron chi connectivity index (χ3n) is 2.75. The molecule has 0 fully saturated rings. The number of hydrogen-bond acceptors (Lipinski definition) is 4. The molecular weight excluding hydrogens is 350 g/mol. The zero-order chi connectivity index (χ0) is 15.7. The van der Waals surface area contributed by atoms with Crippen LogP contribution in [0.1, 0.15) is 22.8 Å². The first kappa shape index (κ1) is 17.1. The monoisotopic (exact) mass is 365 g/mol. The molecule has 0 aliphatic carbocycles. The standard InChI is InChI=1S/C12H16BrNO5S/c1-7(15)6-14(3)20(18,19)11-5-9(12(16)17)4-10(13)8(11)2/h4-5,7,15H,6H2,1-3H3,(H,16,17). The van der Waals surface area contributed by atoms with Crippen LogP contribution in [-0.4, -0.2) is 48.6 Å². The van der Waals surface area contributed by atoms with Crippen molar-refractivity contribution in [3.63, 3.8) is 0 Å². The fourth-order valence-corrected chi connectivity index (χ4v) is 3.80. The van der Waals surface area contributed by atoms with Gasteiger partial charge in [-0.05, 0) is 31.5 Å². The molecule has 1 atom stereocenters. The number of benzene rings is 1. The van der Waals surface area contributed by atoms with E-state index in [-0.39, 0.29) is 17.0 Å². The van der Waals surface area contributed by atoms with E-state index in [1.54, 1.807) is 6.92 Å². The Kier molecular flexibility index (Phi) is 5.31. The quantitative estimate of drug-likeness (QED) is 0.823. The number of carboxylic acid groups (broad SMARTS) is 1. The summed E-state index contributed by atoms with van der Waals surface area (Å²) in [5.74, 6) is -1.21. The lowest BCUT2D eigenvalue weighted by molar-refractivity contribution is 0.0696. The number of aliphatic hydroxyl groups excluding tert-OH is 1. The van der Waals surface area contributed by atoms with E-state index in [0.29, 0.717) is 10.0 Å². The number of carboxylic acids is 1. The minimum absolute atomic E-state index is 0.0727. The largest absolute Gasteiger partial charge is 0.478 e. The summed E-state index contributed by atoms with van der Waals surface area (Å²) < 4.78 is 26.2. The number of halogens is 1. The molecule has 8 heteroatoms. The third-order valence-corrected chi connectivity index (χ3v) is 5.53. The topological polar surface area (TPSA) is 94.9 Å². The molecule has 0 saturated carbocycles. The molecule has 1 aromatic carbocycles. The first-order valence-corrected chi connectivity index (χ1v) is 7.98. The van der Waals surface area contributed by atoms with Crippen molar-refractivity contribution in [3.05, 3.63) is 27.7 Å². The molecule has 0 bridgehead atoms. The van der Waals surface area contributed by atoms with Crippen molar-refractivity contribution >= 4 is 31.9 Å². The molecule has 0 radical (unpaired) electrons. The zero-order valence-electron chi connectivity index (χ0n) is 11.3. The van der Waals surface area contributed by atoms with Crippen molar-refractivity contribution in [2.75, 3.05) is 13.6 Å². The first-order chi connectivity index (χ1) is 9.07. The van der Waals surface area contributed by atoms with Crippen LogP contribution in [0.15, 0.2) is 21.5 Å². The van der Waals surface area contributed by atoms with E-state index in [0.717, 1.165) is 10.4 Å². The Bertz CT molecular complexity index is 627. The smallest absolute Gasteiger partial charge is 0.335 e. The van der Waals surface area contributed by atoms with Gasteiger partial charge in [0, 0.05) is 18.1 Å². The molecule has 0 amide bonds. The molecule has 2 N–H and O–H groups in total. The van der Waals surface area contributed by atoms with E-state index >= 15 is 0 Å². The average Bonchev–Trinajstić information content (AvgIpc) is 2.30. The van der Waals surface area contributed by atoms with Gasteiger partial charge in [0.05, 0.1) is 16.6 Å². The van der Waals surface area contributed by atoms with E-state index in [4.69, 9.17) is 5.11 Å². The number of rotatable bonds is 5. The summed E-state index contributed by atoms with van der Waals surface area (Å²) in [4.78, 5) is 10.9. The maximum Gasteiger partial charge on any atom is 0.335 e. The Morgan fingerprint density at radius 1 is 1.45 bits per heavy atom. The Labute approximate surface area is 126 Å². The normalized spacial score (nSPS) is 13.5. The zero-order valence-corrected chi connectivity index (χ0v) is 13.7. The Morgan fingerprint density at radius 3 is 2.45 bits per heavy atom. The number of aliphatic hydroxyl groups is 1. The SMILES string of the molecule is Cc1c(Br)cc(C(=O)O)cc1S(=O)(=O)N(C)CC(C)O. The fraction of sp³-hybridized carbons (Fsp3) is 0.417. The van der Waals surface area contributed by atoms with Gasteiger partial charge in [0.25, 0.3) is 0 Å². The lowest BCUT2D eigenvalue weighted by atomic mass is 10.1. The summed E-state index contributed by atoms with van der Waals surface area (Å²) in [7, 11) is -2.53. The summed E-state index contributed by atoms with van der Waals surface area (Å²) in [6, 6.07) is 2.47. The number of nitrogens with zero attached hydrogens (tertiary/aromatic N) is 1. The Morgan fingerprint density at radius 2 is 2.00 bits per heavy atom. The third kappa shape index (κ3) is 3.57. The van der Waals surface area contributed by atoms with Crippen LogP contribution in [0.25, 0.3) is 0 Å². The maximum atomic E-state index is 12.4. The lowest BCUT2D eigenvalue weighted by Crippen LogP contribution is -2.33. The van der Waals surface area contributed by atoms with Gasteiger partial charge in [-0.25, -0.2) is 13.2 Å². The molecule has 0 saturated heterocycles. The van der Waals surface area contributed by atoms with Gasteiger partial charge in [0.15, 0.2) is 0 Å². The highest BCUT2D eigenvalue weighted by atomic mass is 79.9. The predicted molar refractivity (Wildman–Crippen MR) is 77.3 cm³/mol. The van der Waals surface area contributed by atoms with E-state index < -0.39 is 22.1 Å². The second-order valence-corrected chi connectivity index (χ2v) is 7.39. The van der Waals surface area contributed by atoms with Gasteiger partial charge < -0.3 is 10.2 Å².